The van der Waals surface area contributed by atoms with Crippen LogP contribution in [-0.2, 0) is 16.0 Å². The summed E-state index contributed by atoms with van der Waals surface area (Å²) < 4.78 is 0. The highest BCUT2D eigenvalue weighted by Crippen LogP contribution is 2.57. The second-order valence-corrected chi connectivity index (χ2v) is 7.25. The second-order valence-electron chi connectivity index (χ2n) is 7.25. The predicted molar refractivity (Wildman–Crippen MR) is 99.5 cm³/mol. The molecule has 3 nitrogen and oxygen atoms in total. The number of carbonyl (C=O) groups excluding carboxylic acids is 1. The van der Waals surface area contributed by atoms with Gasteiger partial charge in [0.25, 0.3) is 5.91 Å². The first-order valence-corrected chi connectivity index (χ1v) is 8.85. The molecule has 0 fully saturated rings. The first kappa shape index (κ1) is 15.4. The lowest BCUT2D eigenvalue weighted by Crippen LogP contribution is -2.61. The van der Waals surface area contributed by atoms with Gasteiger partial charge in [0.05, 0.1) is 0 Å². The molecule has 128 valence electrons. The zero-order valence-electron chi connectivity index (χ0n) is 14.8. The number of hydrogen-bond donors (Lipinski definition) is 0. The van der Waals surface area contributed by atoms with Gasteiger partial charge in [-0.15, -0.1) is 0 Å². The van der Waals surface area contributed by atoms with Crippen molar-refractivity contribution >= 4 is 5.91 Å². The third kappa shape index (κ3) is 1.73. The molecule has 0 atom stereocenters. The van der Waals surface area contributed by atoms with Crippen molar-refractivity contribution in [3.8, 4) is 0 Å². The third-order valence-corrected chi connectivity index (χ3v) is 5.82. The van der Waals surface area contributed by atoms with Crippen molar-refractivity contribution < 1.29 is 9.63 Å². The molecule has 1 aliphatic carbocycles. The van der Waals surface area contributed by atoms with Gasteiger partial charge in [0, 0.05) is 5.56 Å². The molecular weight excluding hydrogens is 322 g/mol. The Morgan fingerprint density at radius 1 is 0.731 bits per heavy atom. The predicted octanol–water partition coefficient (Wildman–Crippen LogP) is 4.61. The Balaban J connectivity index is 1.79. The Morgan fingerprint density at radius 2 is 1.19 bits per heavy atom. The minimum Gasteiger partial charge on any atom is -0.267 e. The molecule has 3 aliphatic rings. The van der Waals surface area contributed by atoms with Gasteiger partial charge in [-0.1, -0.05) is 66.7 Å². The van der Waals surface area contributed by atoms with Crippen LogP contribution in [0.2, 0.25) is 0 Å². The first-order chi connectivity index (χ1) is 12.6. The van der Waals surface area contributed by atoms with Crippen LogP contribution in [0.3, 0.4) is 0 Å². The monoisotopic (exact) mass is 341 g/mol. The van der Waals surface area contributed by atoms with E-state index < -0.39 is 11.1 Å². The van der Waals surface area contributed by atoms with E-state index in [9.17, 15) is 4.79 Å². The smallest absolute Gasteiger partial charge is 0.267 e. The van der Waals surface area contributed by atoms with E-state index in [1.54, 1.807) is 5.06 Å². The second kappa shape index (κ2) is 5.05. The van der Waals surface area contributed by atoms with E-state index in [2.05, 4.69) is 38.1 Å². The van der Waals surface area contributed by atoms with Crippen molar-refractivity contribution in [2.24, 2.45) is 0 Å². The third-order valence-electron chi connectivity index (χ3n) is 5.82. The molecule has 6 rings (SSSR count). The molecule has 2 aliphatic heterocycles. The van der Waals surface area contributed by atoms with E-state index in [1.807, 2.05) is 54.6 Å². The SMILES string of the molecule is CC12ON(C(=O)c3ccccc3)C(C)(c3ccccc31)c1ccccc12. The van der Waals surface area contributed by atoms with Gasteiger partial charge in [-0.2, -0.15) is 0 Å². The number of rotatable bonds is 1. The fourth-order valence-electron chi connectivity index (χ4n) is 4.47. The summed E-state index contributed by atoms with van der Waals surface area (Å²) in [5.74, 6) is -0.122. The van der Waals surface area contributed by atoms with Crippen molar-refractivity contribution in [2.45, 2.75) is 25.0 Å². The van der Waals surface area contributed by atoms with Crippen molar-refractivity contribution in [3.05, 3.63) is 107 Å². The molecule has 0 spiro atoms. The van der Waals surface area contributed by atoms with Gasteiger partial charge in [0.1, 0.15) is 11.1 Å². The normalized spacial score (nSPS) is 25.5. The van der Waals surface area contributed by atoms with Gasteiger partial charge in [-0.25, -0.2) is 5.06 Å². The van der Waals surface area contributed by atoms with E-state index >= 15 is 0 Å². The van der Waals surface area contributed by atoms with Crippen LogP contribution in [-0.4, -0.2) is 11.0 Å². The zero-order chi connectivity index (χ0) is 17.9. The zero-order valence-corrected chi connectivity index (χ0v) is 14.8. The molecule has 3 heteroatoms. The number of fused-ring (bicyclic) bond motifs is 1. The molecule has 3 aromatic carbocycles. The van der Waals surface area contributed by atoms with Crippen LogP contribution >= 0.6 is 0 Å². The minimum atomic E-state index is -0.685. The number of amides is 1. The Morgan fingerprint density at radius 3 is 1.73 bits per heavy atom. The number of benzene rings is 3. The quantitative estimate of drug-likeness (QED) is 0.647. The summed E-state index contributed by atoms with van der Waals surface area (Å²) in [4.78, 5) is 19.8. The molecule has 0 aromatic heterocycles. The Bertz CT molecular complexity index is 978. The van der Waals surface area contributed by atoms with Gasteiger partial charge < -0.3 is 0 Å². The standard InChI is InChI=1S/C23H19NO2/c1-22-17-12-6-8-14-19(17)23(2,20-15-9-7-13-18(20)22)26-24(22)21(25)16-10-4-3-5-11-16/h3-15H,1-2H3. The lowest BCUT2D eigenvalue weighted by atomic mass is 9.65. The van der Waals surface area contributed by atoms with Crippen LogP contribution in [0.5, 0.6) is 0 Å². The maximum Gasteiger partial charge on any atom is 0.278 e. The maximum absolute atomic E-state index is 13.4. The molecule has 26 heavy (non-hydrogen) atoms. The summed E-state index contributed by atoms with van der Waals surface area (Å²) in [6, 6.07) is 25.9. The molecule has 2 heterocycles. The Hall–Kier alpha value is -2.91. The van der Waals surface area contributed by atoms with Crippen LogP contribution in [0, 0.1) is 0 Å². The molecule has 3 aromatic rings. The van der Waals surface area contributed by atoms with Crippen LogP contribution in [0.1, 0.15) is 46.5 Å². The summed E-state index contributed by atoms with van der Waals surface area (Å²) in [5, 5.41) is 1.58. The minimum absolute atomic E-state index is 0.122. The van der Waals surface area contributed by atoms with Gasteiger partial charge in [0.15, 0.2) is 0 Å². The molecule has 0 N–H and O–H groups in total. The van der Waals surface area contributed by atoms with Gasteiger partial charge in [0.2, 0.25) is 0 Å². The van der Waals surface area contributed by atoms with Gasteiger partial charge in [-0.05, 0) is 48.2 Å². The van der Waals surface area contributed by atoms with Crippen LogP contribution in [0.15, 0.2) is 78.9 Å². The molecule has 0 saturated carbocycles. The molecular formula is C23H19NO2. The largest absolute Gasteiger partial charge is 0.278 e. The fraction of sp³-hybridized carbons (Fsp3) is 0.174. The fourth-order valence-corrected chi connectivity index (χ4v) is 4.47. The lowest BCUT2D eigenvalue weighted by Gasteiger charge is -2.57. The van der Waals surface area contributed by atoms with Crippen molar-refractivity contribution in [3.63, 3.8) is 0 Å². The molecule has 2 bridgehead atoms. The summed E-state index contributed by atoms with van der Waals surface area (Å²) in [6.07, 6.45) is 0. The first-order valence-electron chi connectivity index (χ1n) is 8.85. The van der Waals surface area contributed by atoms with Crippen LogP contribution < -0.4 is 0 Å². The van der Waals surface area contributed by atoms with Gasteiger partial charge >= 0.3 is 0 Å². The van der Waals surface area contributed by atoms with E-state index in [1.165, 1.54) is 0 Å². The number of carbonyl (C=O) groups is 1. The Labute approximate surface area is 152 Å². The summed E-state index contributed by atoms with van der Waals surface area (Å²) in [6.45, 7) is 4.12. The molecule has 1 amide bonds. The number of nitrogens with zero attached hydrogens (tertiary/aromatic N) is 1. The lowest BCUT2D eigenvalue weighted by molar-refractivity contribution is -0.263. The molecule has 0 radical (unpaired) electrons. The van der Waals surface area contributed by atoms with Crippen molar-refractivity contribution in [2.75, 3.05) is 0 Å². The summed E-state index contributed by atoms with van der Waals surface area (Å²) >= 11 is 0. The highest BCUT2D eigenvalue weighted by Gasteiger charge is 2.58. The van der Waals surface area contributed by atoms with E-state index in [-0.39, 0.29) is 5.91 Å². The highest BCUT2D eigenvalue weighted by atomic mass is 16.7. The van der Waals surface area contributed by atoms with Crippen molar-refractivity contribution in [1.82, 2.24) is 5.06 Å². The van der Waals surface area contributed by atoms with E-state index in [0.717, 1.165) is 22.3 Å². The summed E-state index contributed by atoms with van der Waals surface area (Å²) in [7, 11) is 0. The van der Waals surface area contributed by atoms with E-state index in [4.69, 9.17) is 4.84 Å². The maximum atomic E-state index is 13.4. The number of hydroxylamine groups is 2. The summed E-state index contributed by atoms with van der Waals surface area (Å²) in [5.41, 5.74) is 3.76. The topological polar surface area (TPSA) is 29.5 Å². The van der Waals surface area contributed by atoms with Crippen LogP contribution in [0.4, 0.5) is 0 Å². The Kier molecular flexibility index (Phi) is 2.98. The average Bonchev–Trinajstić information content (AvgIpc) is 2.70. The van der Waals surface area contributed by atoms with Crippen molar-refractivity contribution in [1.29, 1.82) is 0 Å². The molecule has 0 unspecified atom stereocenters. The number of hydrogen-bond acceptors (Lipinski definition) is 2. The van der Waals surface area contributed by atoms with Gasteiger partial charge in [-0.3, -0.25) is 9.63 Å². The highest BCUT2D eigenvalue weighted by molar-refractivity contribution is 5.95. The molecule has 0 saturated heterocycles. The van der Waals surface area contributed by atoms with E-state index in [0.29, 0.717) is 5.56 Å². The average molecular weight is 341 g/mol. The van der Waals surface area contributed by atoms with Crippen LogP contribution in [0.25, 0.3) is 0 Å².